The van der Waals surface area contributed by atoms with E-state index in [-0.39, 0.29) is 6.04 Å². The second kappa shape index (κ2) is 3.95. The van der Waals surface area contributed by atoms with Crippen molar-refractivity contribution in [1.82, 2.24) is 0 Å². The summed E-state index contributed by atoms with van der Waals surface area (Å²) >= 11 is 12.9. The molecule has 74 valence electrons. The maximum Gasteiger partial charge on any atom is 0.193 e. The zero-order valence-corrected chi connectivity index (χ0v) is 9.36. The monoisotopic (exact) mass is 247 g/mol. The van der Waals surface area contributed by atoms with Gasteiger partial charge in [-0.15, -0.1) is 11.3 Å². The lowest BCUT2D eigenvalue weighted by Gasteiger charge is -2.04. The summed E-state index contributed by atoms with van der Waals surface area (Å²) in [5.74, 6) is 0.647. The van der Waals surface area contributed by atoms with E-state index in [1.54, 1.807) is 12.1 Å². The smallest absolute Gasteiger partial charge is 0.193 e. The quantitative estimate of drug-likeness (QED) is 0.880. The molecule has 0 radical (unpaired) electrons. The molecular weight excluding hydrogens is 241 g/mol. The van der Waals surface area contributed by atoms with E-state index in [1.165, 1.54) is 11.3 Å². The molecule has 0 aliphatic carbocycles. The Morgan fingerprint density at radius 1 is 1.21 bits per heavy atom. The largest absolute Gasteiger partial charge is 0.448 e. The van der Waals surface area contributed by atoms with Crippen molar-refractivity contribution in [2.75, 3.05) is 0 Å². The highest BCUT2D eigenvalue weighted by Crippen LogP contribution is 2.30. The molecule has 2 rings (SSSR count). The zero-order valence-electron chi connectivity index (χ0n) is 7.04. The summed E-state index contributed by atoms with van der Waals surface area (Å²) in [7, 11) is 0. The Kier molecular flexibility index (Phi) is 2.83. The minimum absolute atomic E-state index is 0.292. The van der Waals surface area contributed by atoms with Crippen molar-refractivity contribution in [3.05, 3.63) is 44.5 Å². The van der Waals surface area contributed by atoms with Crippen LogP contribution in [0.1, 0.15) is 16.7 Å². The van der Waals surface area contributed by atoms with Crippen molar-refractivity contribution in [1.29, 1.82) is 0 Å². The fourth-order valence-corrected chi connectivity index (χ4v) is 2.35. The van der Waals surface area contributed by atoms with E-state index < -0.39 is 0 Å². The molecule has 5 heteroatoms. The summed E-state index contributed by atoms with van der Waals surface area (Å²) < 4.78 is 5.93. The van der Waals surface area contributed by atoms with E-state index in [2.05, 4.69) is 0 Å². The molecule has 2 aromatic heterocycles. The molecule has 2 heterocycles. The molecule has 0 bridgehead atoms. The first-order valence-corrected chi connectivity index (χ1v) is 5.50. The lowest BCUT2D eigenvalue weighted by Crippen LogP contribution is -2.08. The van der Waals surface area contributed by atoms with Gasteiger partial charge in [0.2, 0.25) is 0 Å². The molecule has 14 heavy (non-hydrogen) atoms. The molecule has 1 atom stereocenters. The molecule has 2 N–H and O–H groups in total. The first-order chi connectivity index (χ1) is 6.66. The van der Waals surface area contributed by atoms with Gasteiger partial charge in [-0.05, 0) is 35.9 Å². The Bertz CT molecular complexity index is 397. The third kappa shape index (κ3) is 1.96. The number of hydrogen-bond donors (Lipinski definition) is 1. The van der Waals surface area contributed by atoms with Crippen LogP contribution in [0.5, 0.6) is 0 Å². The summed E-state index contributed by atoms with van der Waals surface area (Å²) in [6.45, 7) is 0. The van der Waals surface area contributed by atoms with Crippen LogP contribution in [0.25, 0.3) is 0 Å². The van der Waals surface area contributed by atoms with Gasteiger partial charge in [0.05, 0.1) is 10.4 Å². The minimum atomic E-state index is -0.292. The number of halogens is 2. The Hall–Kier alpha value is -0.480. The van der Waals surface area contributed by atoms with Crippen LogP contribution in [0, 0.1) is 0 Å². The molecule has 0 saturated carbocycles. The van der Waals surface area contributed by atoms with Crippen LogP contribution in [-0.2, 0) is 0 Å². The highest BCUT2D eigenvalue weighted by atomic mass is 35.5. The van der Waals surface area contributed by atoms with E-state index in [0.29, 0.717) is 15.3 Å². The molecule has 0 spiro atoms. The molecule has 2 nitrogen and oxygen atoms in total. The van der Waals surface area contributed by atoms with Crippen molar-refractivity contribution in [2.24, 2.45) is 5.73 Å². The van der Waals surface area contributed by atoms with Gasteiger partial charge in [0, 0.05) is 4.88 Å². The molecule has 0 saturated heterocycles. The normalized spacial score (nSPS) is 13.1. The molecule has 1 unspecified atom stereocenters. The van der Waals surface area contributed by atoms with Gasteiger partial charge in [-0.2, -0.15) is 0 Å². The van der Waals surface area contributed by atoms with Crippen LogP contribution < -0.4 is 5.73 Å². The van der Waals surface area contributed by atoms with Crippen molar-refractivity contribution in [2.45, 2.75) is 6.04 Å². The molecule has 2 aromatic rings. The van der Waals surface area contributed by atoms with E-state index in [9.17, 15) is 0 Å². The fraction of sp³-hybridized carbons (Fsp3) is 0.111. The number of nitrogens with two attached hydrogens (primary N) is 1. The second-order valence-corrected chi connectivity index (χ2v) is 4.88. The Morgan fingerprint density at radius 2 is 2.00 bits per heavy atom. The van der Waals surface area contributed by atoms with Gasteiger partial charge in [0.15, 0.2) is 5.22 Å². The van der Waals surface area contributed by atoms with Gasteiger partial charge in [-0.25, -0.2) is 0 Å². The molecule has 0 aliphatic heterocycles. The summed E-state index contributed by atoms with van der Waals surface area (Å²) in [5, 5.41) is 0.345. The van der Waals surface area contributed by atoms with E-state index in [1.807, 2.05) is 12.1 Å². The van der Waals surface area contributed by atoms with Crippen molar-refractivity contribution >= 4 is 34.5 Å². The zero-order chi connectivity index (χ0) is 10.1. The first kappa shape index (κ1) is 10.1. The van der Waals surface area contributed by atoms with E-state index in [0.717, 1.165) is 4.88 Å². The first-order valence-electron chi connectivity index (χ1n) is 3.93. The highest BCUT2D eigenvalue weighted by Gasteiger charge is 2.14. The molecule has 0 fully saturated rings. The third-order valence-corrected chi connectivity index (χ3v) is 3.32. The number of rotatable bonds is 2. The molecule has 0 aromatic carbocycles. The predicted molar refractivity (Wildman–Crippen MR) is 59.1 cm³/mol. The summed E-state index contributed by atoms with van der Waals surface area (Å²) in [5.41, 5.74) is 5.94. The summed E-state index contributed by atoms with van der Waals surface area (Å²) in [4.78, 5) is 0.959. The van der Waals surface area contributed by atoms with Crippen LogP contribution in [-0.4, -0.2) is 0 Å². The highest BCUT2D eigenvalue weighted by molar-refractivity contribution is 7.16. The second-order valence-electron chi connectivity index (χ2n) is 2.76. The maximum atomic E-state index is 5.94. The number of furan rings is 1. The van der Waals surface area contributed by atoms with Gasteiger partial charge in [-0.1, -0.05) is 11.6 Å². The van der Waals surface area contributed by atoms with Gasteiger partial charge in [-0.3, -0.25) is 0 Å². The van der Waals surface area contributed by atoms with Gasteiger partial charge >= 0.3 is 0 Å². The average molecular weight is 248 g/mol. The average Bonchev–Trinajstić information content (AvgIpc) is 2.73. The van der Waals surface area contributed by atoms with Gasteiger partial charge in [0.25, 0.3) is 0 Å². The topological polar surface area (TPSA) is 39.2 Å². The number of thiophene rings is 1. The predicted octanol–water partition coefficient (Wildman–Crippen LogP) is 3.70. The van der Waals surface area contributed by atoms with Crippen molar-refractivity contribution < 1.29 is 4.42 Å². The van der Waals surface area contributed by atoms with Crippen LogP contribution in [0.2, 0.25) is 9.56 Å². The van der Waals surface area contributed by atoms with Crippen LogP contribution in [0.3, 0.4) is 0 Å². The summed E-state index contributed by atoms with van der Waals surface area (Å²) in [6, 6.07) is 6.84. The standard InChI is InChI=1S/C9H7Cl2NOS/c10-7-3-1-5(13-7)9(12)6-2-4-8(11)14-6/h1-4,9H,12H2. The SMILES string of the molecule is NC(c1ccc(Cl)o1)c1ccc(Cl)s1. The Labute approximate surface area is 95.2 Å². The van der Waals surface area contributed by atoms with Crippen molar-refractivity contribution in [3.63, 3.8) is 0 Å². The fourth-order valence-electron chi connectivity index (χ4n) is 1.13. The van der Waals surface area contributed by atoms with Gasteiger partial charge < -0.3 is 10.2 Å². The third-order valence-electron chi connectivity index (χ3n) is 1.80. The lowest BCUT2D eigenvalue weighted by atomic mass is 10.2. The van der Waals surface area contributed by atoms with Crippen LogP contribution in [0.4, 0.5) is 0 Å². The Balaban J connectivity index is 2.28. The van der Waals surface area contributed by atoms with Crippen LogP contribution >= 0.6 is 34.5 Å². The minimum Gasteiger partial charge on any atom is -0.448 e. The van der Waals surface area contributed by atoms with Crippen LogP contribution in [0.15, 0.2) is 28.7 Å². The molecule has 0 amide bonds. The van der Waals surface area contributed by atoms with E-state index >= 15 is 0 Å². The molecular formula is C9H7Cl2NOS. The summed E-state index contributed by atoms with van der Waals surface area (Å²) in [6.07, 6.45) is 0. The maximum absolute atomic E-state index is 5.94. The number of hydrogen-bond acceptors (Lipinski definition) is 3. The molecule has 0 aliphatic rings. The van der Waals surface area contributed by atoms with E-state index in [4.69, 9.17) is 33.4 Å². The van der Waals surface area contributed by atoms with Crippen molar-refractivity contribution in [3.8, 4) is 0 Å². The lowest BCUT2D eigenvalue weighted by molar-refractivity contribution is 0.493. The van der Waals surface area contributed by atoms with Gasteiger partial charge in [0.1, 0.15) is 5.76 Å². The Morgan fingerprint density at radius 3 is 2.50 bits per heavy atom.